The molecule has 1 aliphatic heterocycles. The molecule has 0 amide bonds. The summed E-state index contributed by atoms with van der Waals surface area (Å²) in [6.07, 6.45) is 0. The molecule has 0 bridgehead atoms. The van der Waals surface area contributed by atoms with E-state index in [4.69, 9.17) is 4.74 Å². The normalized spacial score (nSPS) is 14.0. The lowest BCUT2D eigenvalue weighted by Crippen LogP contribution is -2.32. The molecule has 294 valence electrons. The monoisotopic (exact) mass is 785 g/mol. The smallest absolute Gasteiger partial charge is 0.132 e. The SMILES string of the molecule is C.CC1(C)c2ccccc2-c2ccc(N(c3ccc(-c4ccc5c(c4)-c4ccccc4C54c5ccccc5Oc5ccccc54)cc3)c3ccccc3-c3ccccc3)cc21.[HH]. The van der Waals surface area contributed by atoms with Crippen molar-refractivity contribution in [3.05, 3.63) is 246 Å². The molecule has 0 saturated carbocycles. The van der Waals surface area contributed by atoms with Crippen LogP contribution in [0, 0.1) is 0 Å². The molecule has 0 aromatic heterocycles. The quantitative estimate of drug-likeness (QED) is 0.172. The summed E-state index contributed by atoms with van der Waals surface area (Å²) >= 11 is 0. The van der Waals surface area contributed by atoms with Gasteiger partial charge in [0.25, 0.3) is 0 Å². The van der Waals surface area contributed by atoms with Crippen LogP contribution in [0.2, 0.25) is 0 Å². The van der Waals surface area contributed by atoms with E-state index < -0.39 is 5.41 Å². The Morgan fingerprint density at radius 2 is 0.869 bits per heavy atom. The van der Waals surface area contributed by atoms with Crippen LogP contribution >= 0.6 is 0 Å². The molecule has 0 unspecified atom stereocenters. The van der Waals surface area contributed by atoms with Crippen LogP contribution in [0.4, 0.5) is 17.1 Å². The molecule has 9 aromatic rings. The van der Waals surface area contributed by atoms with Crippen LogP contribution in [0.25, 0.3) is 44.5 Å². The summed E-state index contributed by atoms with van der Waals surface area (Å²) in [5.41, 5.74) is 20.4. The van der Waals surface area contributed by atoms with Crippen LogP contribution < -0.4 is 9.64 Å². The molecule has 1 heterocycles. The number of para-hydroxylation sites is 3. The van der Waals surface area contributed by atoms with Gasteiger partial charge in [0.05, 0.1) is 11.1 Å². The van der Waals surface area contributed by atoms with Crippen LogP contribution in [-0.2, 0) is 10.8 Å². The largest absolute Gasteiger partial charge is 0.457 e. The Hall–Kier alpha value is -7.42. The summed E-state index contributed by atoms with van der Waals surface area (Å²) in [7, 11) is 0. The van der Waals surface area contributed by atoms with Gasteiger partial charge in [-0.3, -0.25) is 0 Å². The molecule has 0 saturated heterocycles. The van der Waals surface area contributed by atoms with E-state index >= 15 is 0 Å². The minimum Gasteiger partial charge on any atom is -0.457 e. The number of nitrogens with zero attached hydrogens (tertiary/aromatic N) is 1. The maximum Gasteiger partial charge on any atom is 0.132 e. The van der Waals surface area contributed by atoms with Gasteiger partial charge in [-0.2, -0.15) is 0 Å². The molecule has 2 nitrogen and oxygen atoms in total. The fourth-order valence-electron chi connectivity index (χ4n) is 10.6. The molecule has 0 radical (unpaired) electrons. The van der Waals surface area contributed by atoms with E-state index in [1.54, 1.807) is 0 Å². The Kier molecular flexibility index (Phi) is 8.31. The highest BCUT2D eigenvalue weighted by molar-refractivity contribution is 5.93. The van der Waals surface area contributed by atoms with Crippen LogP contribution in [-0.4, -0.2) is 0 Å². The van der Waals surface area contributed by atoms with Gasteiger partial charge in [0.15, 0.2) is 0 Å². The second kappa shape index (κ2) is 13.8. The molecule has 0 N–H and O–H groups in total. The molecular weight excluding hydrogens is 739 g/mol. The van der Waals surface area contributed by atoms with Gasteiger partial charge < -0.3 is 9.64 Å². The lowest BCUT2D eigenvalue weighted by molar-refractivity contribution is 0.436. The van der Waals surface area contributed by atoms with Gasteiger partial charge in [0.1, 0.15) is 11.5 Å². The van der Waals surface area contributed by atoms with Crippen molar-refractivity contribution in [2.24, 2.45) is 0 Å². The van der Waals surface area contributed by atoms with Crippen LogP contribution in [0.3, 0.4) is 0 Å². The number of rotatable bonds is 5. The highest BCUT2D eigenvalue weighted by atomic mass is 16.5. The van der Waals surface area contributed by atoms with Gasteiger partial charge in [-0.25, -0.2) is 0 Å². The maximum atomic E-state index is 6.56. The molecule has 2 aliphatic carbocycles. The fraction of sp³-hybridized carbons (Fsp3) is 0.0847. The Balaban J connectivity index is 0.00000229. The zero-order valence-corrected chi connectivity index (χ0v) is 33.6. The first-order valence-electron chi connectivity index (χ1n) is 20.9. The van der Waals surface area contributed by atoms with Crippen LogP contribution in [0.5, 0.6) is 11.5 Å². The molecule has 0 atom stereocenters. The van der Waals surface area contributed by atoms with Gasteiger partial charge >= 0.3 is 0 Å². The van der Waals surface area contributed by atoms with Crippen molar-refractivity contribution in [1.82, 2.24) is 0 Å². The Bertz CT molecular complexity index is 3120. The van der Waals surface area contributed by atoms with Gasteiger partial charge in [-0.15, -0.1) is 0 Å². The summed E-state index contributed by atoms with van der Waals surface area (Å²) < 4.78 is 6.56. The minimum absolute atomic E-state index is 0. The summed E-state index contributed by atoms with van der Waals surface area (Å²) in [6.45, 7) is 4.71. The lowest BCUT2D eigenvalue weighted by atomic mass is 9.66. The zero-order chi connectivity index (χ0) is 40.0. The molecule has 2 heteroatoms. The highest BCUT2D eigenvalue weighted by Crippen LogP contribution is 2.62. The predicted molar refractivity (Wildman–Crippen MR) is 256 cm³/mol. The fourth-order valence-corrected chi connectivity index (χ4v) is 10.6. The van der Waals surface area contributed by atoms with Crippen molar-refractivity contribution in [2.75, 3.05) is 4.90 Å². The second-order valence-electron chi connectivity index (χ2n) is 16.8. The lowest BCUT2D eigenvalue weighted by Gasteiger charge is -2.39. The zero-order valence-electron chi connectivity index (χ0n) is 33.6. The predicted octanol–water partition coefficient (Wildman–Crippen LogP) is 16.1. The third-order valence-corrected chi connectivity index (χ3v) is 13.4. The van der Waals surface area contributed by atoms with E-state index in [9.17, 15) is 0 Å². The third-order valence-electron chi connectivity index (χ3n) is 13.4. The number of anilines is 3. The van der Waals surface area contributed by atoms with Crippen molar-refractivity contribution in [3.63, 3.8) is 0 Å². The molecule has 3 aliphatic rings. The van der Waals surface area contributed by atoms with E-state index in [0.717, 1.165) is 28.6 Å². The molecule has 0 fully saturated rings. The van der Waals surface area contributed by atoms with Crippen molar-refractivity contribution >= 4 is 17.1 Å². The van der Waals surface area contributed by atoms with Gasteiger partial charge in [-0.1, -0.05) is 185 Å². The van der Waals surface area contributed by atoms with E-state index in [1.807, 2.05) is 0 Å². The van der Waals surface area contributed by atoms with Crippen LogP contribution in [0.15, 0.2) is 212 Å². The first-order chi connectivity index (χ1) is 29.5. The van der Waals surface area contributed by atoms with E-state index in [0.29, 0.717) is 0 Å². The molecule has 12 rings (SSSR count). The van der Waals surface area contributed by atoms with Gasteiger partial charge in [0, 0.05) is 34.9 Å². The molecule has 9 aromatic carbocycles. The summed E-state index contributed by atoms with van der Waals surface area (Å²) in [4.78, 5) is 2.44. The Labute approximate surface area is 360 Å². The second-order valence-corrected chi connectivity index (χ2v) is 16.8. The van der Waals surface area contributed by atoms with Crippen molar-refractivity contribution in [2.45, 2.75) is 32.1 Å². The Morgan fingerprint density at radius 3 is 1.57 bits per heavy atom. The first kappa shape index (κ1) is 36.6. The average molecular weight is 786 g/mol. The number of benzene rings is 9. The van der Waals surface area contributed by atoms with Crippen LogP contribution in [0.1, 0.15) is 56.1 Å². The number of fused-ring (bicyclic) bond motifs is 12. The number of hydrogen-bond donors (Lipinski definition) is 0. The minimum atomic E-state index is -0.474. The summed E-state index contributed by atoms with van der Waals surface area (Å²) in [5.74, 6) is 1.82. The van der Waals surface area contributed by atoms with E-state index in [2.05, 4.69) is 231 Å². The van der Waals surface area contributed by atoms with Gasteiger partial charge in [-0.05, 0) is 110 Å². The number of hydrogen-bond acceptors (Lipinski definition) is 2. The van der Waals surface area contributed by atoms with Crippen molar-refractivity contribution in [3.8, 4) is 56.0 Å². The summed E-state index contributed by atoms with van der Waals surface area (Å²) in [6, 6.07) is 77.7. The molecule has 1 spiro atoms. The highest BCUT2D eigenvalue weighted by Gasteiger charge is 2.51. The first-order valence-corrected chi connectivity index (χ1v) is 20.9. The van der Waals surface area contributed by atoms with Crippen molar-refractivity contribution < 1.29 is 6.16 Å². The standard InChI is InChI=1S/C58H41NO.CH4.H2/c1-57(2)48-21-9-6-19-44(48)46-34-33-42(37-53(46)57)59(54-25-13-8-18-43(54)39-16-4-3-5-17-39)41-31-28-38(29-32-41)40-30-35-50-47(36-40)45-20-7-10-22-49(45)58(50)51-23-11-14-26-55(51)60-56-27-15-12-24-52(56)58;;/h3-37H,1-2H3;1H4;1H. The molecular formula is C59H47NO. The van der Waals surface area contributed by atoms with Crippen molar-refractivity contribution in [1.29, 1.82) is 0 Å². The third kappa shape index (κ3) is 5.28. The molecule has 61 heavy (non-hydrogen) atoms. The summed E-state index contributed by atoms with van der Waals surface area (Å²) in [5, 5.41) is 0. The topological polar surface area (TPSA) is 12.5 Å². The van der Waals surface area contributed by atoms with E-state index in [-0.39, 0.29) is 14.3 Å². The van der Waals surface area contributed by atoms with Gasteiger partial charge in [0.2, 0.25) is 0 Å². The maximum absolute atomic E-state index is 6.56. The Morgan fingerprint density at radius 1 is 0.361 bits per heavy atom. The number of ether oxygens (including phenoxy) is 1. The average Bonchev–Trinajstić information content (AvgIpc) is 3.72. The van der Waals surface area contributed by atoms with E-state index in [1.165, 1.54) is 77.9 Å².